The molecule has 1 aromatic rings. The van der Waals surface area contributed by atoms with E-state index in [4.69, 9.17) is 5.11 Å². The average molecular weight is 180 g/mol. The topological polar surface area (TPSA) is 45.1 Å². The summed E-state index contributed by atoms with van der Waals surface area (Å²) >= 11 is 0. The fraction of sp³-hybridized carbons (Fsp3) is 0.500. The molecule has 1 rings (SSSR count). The molecule has 3 heteroatoms. The lowest BCUT2D eigenvalue weighted by atomic mass is 10.2. The van der Waals surface area contributed by atoms with Crippen molar-refractivity contribution in [3.63, 3.8) is 0 Å². The van der Waals surface area contributed by atoms with Crippen LogP contribution < -0.4 is 5.32 Å². The maximum atomic E-state index is 8.64. The predicted molar refractivity (Wildman–Crippen MR) is 53.6 cm³/mol. The summed E-state index contributed by atoms with van der Waals surface area (Å²) in [6.07, 6.45) is 5.36. The first-order chi connectivity index (χ1) is 6.33. The summed E-state index contributed by atoms with van der Waals surface area (Å²) in [6.45, 7) is 2.37. The molecule has 0 aliphatic heterocycles. The van der Waals surface area contributed by atoms with Crippen LogP contribution in [-0.4, -0.2) is 22.7 Å². The molecule has 0 amide bonds. The molecule has 1 unspecified atom stereocenters. The molecule has 0 aliphatic carbocycles. The normalized spacial score (nSPS) is 12.5. The third-order valence-corrected chi connectivity index (χ3v) is 1.89. The number of aliphatic hydroxyl groups is 1. The molecule has 0 aliphatic rings. The Morgan fingerprint density at radius 3 is 2.77 bits per heavy atom. The zero-order valence-corrected chi connectivity index (χ0v) is 7.90. The van der Waals surface area contributed by atoms with Crippen LogP contribution in [0.25, 0.3) is 0 Å². The minimum atomic E-state index is 0.266. The first-order valence-corrected chi connectivity index (χ1v) is 4.60. The highest BCUT2D eigenvalue weighted by Gasteiger charge is 2.00. The minimum Gasteiger partial charge on any atom is -0.396 e. The number of nitrogens with zero attached hydrogens (tertiary/aromatic N) is 1. The first-order valence-electron chi connectivity index (χ1n) is 4.60. The van der Waals surface area contributed by atoms with Crippen LogP contribution in [0.3, 0.4) is 0 Å². The Morgan fingerprint density at radius 1 is 1.46 bits per heavy atom. The maximum Gasteiger partial charge on any atom is 0.0431 e. The van der Waals surface area contributed by atoms with Crippen molar-refractivity contribution in [1.82, 2.24) is 4.98 Å². The molecule has 0 saturated carbocycles. The van der Waals surface area contributed by atoms with Gasteiger partial charge >= 0.3 is 0 Å². The molecular weight excluding hydrogens is 164 g/mol. The molecule has 13 heavy (non-hydrogen) atoms. The van der Waals surface area contributed by atoms with Gasteiger partial charge in [-0.05, 0) is 31.9 Å². The molecule has 1 heterocycles. The fourth-order valence-electron chi connectivity index (χ4n) is 1.20. The Balaban J connectivity index is 2.32. The summed E-state index contributed by atoms with van der Waals surface area (Å²) in [5.41, 5.74) is 1.08. The second kappa shape index (κ2) is 5.54. The fourth-order valence-corrected chi connectivity index (χ4v) is 1.20. The third-order valence-electron chi connectivity index (χ3n) is 1.89. The van der Waals surface area contributed by atoms with Gasteiger partial charge in [0, 0.05) is 30.7 Å². The van der Waals surface area contributed by atoms with Gasteiger partial charge in [0.05, 0.1) is 0 Å². The summed E-state index contributed by atoms with van der Waals surface area (Å²) in [7, 11) is 0. The zero-order chi connectivity index (χ0) is 9.52. The van der Waals surface area contributed by atoms with Gasteiger partial charge in [-0.2, -0.15) is 0 Å². The molecule has 0 radical (unpaired) electrons. The number of aliphatic hydroxyl groups excluding tert-OH is 1. The monoisotopic (exact) mass is 180 g/mol. The summed E-state index contributed by atoms with van der Waals surface area (Å²) in [5.74, 6) is 0. The van der Waals surface area contributed by atoms with E-state index in [-0.39, 0.29) is 6.61 Å². The van der Waals surface area contributed by atoms with Gasteiger partial charge in [0.2, 0.25) is 0 Å². The van der Waals surface area contributed by atoms with E-state index in [2.05, 4.69) is 17.2 Å². The summed E-state index contributed by atoms with van der Waals surface area (Å²) < 4.78 is 0. The molecule has 1 aromatic heterocycles. The quantitative estimate of drug-likeness (QED) is 0.724. The van der Waals surface area contributed by atoms with Crippen molar-refractivity contribution in [2.24, 2.45) is 0 Å². The SMILES string of the molecule is CC(CCCO)Nc1ccncc1. The van der Waals surface area contributed by atoms with E-state index in [0.717, 1.165) is 18.5 Å². The Hall–Kier alpha value is -1.09. The largest absolute Gasteiger partial charge is 0.396 e. The predicted octanol–water partition coefficient (Wildman–Crippen LogP) is 1.65. The Labute approximate surface area is 78.8 Å². The second-order valence-electron chi connectivity index (χ2n) is 3.15. The lowest BCUT2D eigenvalue weighted by Gasteiger charge is -2.13. The molecular formula is C10H16N2O. The van der Waals surface area contributed by atoms with Gasteiger partial charge in [0.1, 0.15) is 0 Å². The molecule has 1 atom stereocenters. The molecule has 0 saturated heterocycles. The second-order valence-corrected chi connectivity index (χ2v) is 3.15. The maximum absolute atomic E-state index is 8.64. The molecule has 0 bridgehead atoms. The minimum absolute atomic E-state index is 0.266. The number of anilines is 1. The van der Waals surface area contributed by atoms with Crippen molar-refractivity contribution in [3.05, 3.63) is 24.5 Å². The Morgan fingerprint density at radius 2 is 2.15 bits per heavy atom. The molecule has 72 valence electrons. The van der Waals surface area contributed by atoms with Crippen LogP contribution in [0.4, 0.5) is 5.69 Å². The molecule has 3 nitrogen and oxygen atoms in total. The number of nitrogens with one attached hydrogen (secondary N) is 1. The van der Waals surface area contributed by atoms with Crippen molar-refractivity contribution in [1.29, 1.82) is 0 Å². The number of hydrogen-bond acceptors (Lipinski definition) is 3. The third kappa shape index (κ3) is 3.90. The van der Waals surface area contributed by atoms with Crippen LogP contribution in [-0.2, 0) is 0 Å². The van der Waals surface area contributed by atoms with E-state index in [1.54, 1.807) is 12.4 Å². The van der Waals surface area contributed by atoms with Gasteiger partial charge in [-0.25, -0.2) is 0 Å². The molecule has 0 fully saturated rings. The summed E-state index contributed by atoms with van der Waals surface area (Å²) in [5, 5.41) is 12.0. The van der Waals surface area contributed by atoms with Crippen molar-refractivity contribution in [3.8, 4) is 0 Å². The van der Waals surface area contributed by atoms with Crippen LogP contribution in [0.5, 0.6) is 0 Å². The van der Waals surface area contributed by atoms with E-state index in [9.17, 15) is 0 Å². The summed E-state index contributed by atoms with van der Waals surface area (Å²) in [4.78, 5) is 3.93. The van der Waals surface area contributed by atoms with Crippen LogP contribution in [0.15, 0.2) is 24.5 Å². The first kappa shape index (κ1) is 9.99. The van der Waals surface area contributed by atoms with Crippen LogP contribution >= 0.6 is 0 Å². The summed E-state index contributed by atoms with van der Waals surface area (Å²) in [6, 6.07) is 4.28. The van der Waals surface area contributed by atoms with Gasteiger partial charge in [-0.15, -0.1) is 0 Å². The van der Waals surface area contributed by atoms with Crippen molar-refractivity contribution < 1.29 is 5.11 Å². The van der Waals surface area contributed by atoms with Gasteiger partial charge in [-0.3, -0.25) is 4.98 Å². The molecule has 0 aromatic carbocycles. The van der Waals surface area contributed by atoms with Crippen LogP contribution in [0.2, 0.25) is 0 Å². The lowest BCUT2D eigenvalue weighted by Crippen LogP contribution is -2.15. The standard InChI is InChI=1S/C10H16N2O/c1-9(3-2-8-13)12-10-4-6-11-7-5-10/h4-7,9,13H,2-3,8H2,1H3,(H,11,12). The lowest BCUT2D eigenvalue weighted by molar-refractivity contribution is 0.282. The van der Waals surface area contributed by atoms with E-state index in [1.165, 1.54) is 0 Å². The smallest absolute Gasteiger partial charge is 0.0431 e. The van der Waals surface area contributed by atoms with Crippen molar-refractivity contribution >= 4 is 5.69 Å². The highest BCUT2D eigenvalue weighted by molar-refractivity contribution is 5.41. The number of rotatable bonds is 5. The van der Waals surface area contributed by atoms with Crippen LogP contribution in [0.1, 0.15) is 19.8 Å². The Bertz CT molecular complexity index is 226. The van der Waals surface area contributed by atoms with E-state index in [1.807, 2.05) is 12.1 Å². The zero-order valence-electron chi connectivity index (χ0n) is 7.90. The van der Waals surface area contributed by atoms with Crippen molar-refractivity contribution in [2.45, 2.75) is 25.8 Å². The number of pyridine rings is 1. The van der Waals surface area contributed by atoms with Gasteiger partial charge in [0.25, 0.3) is 0 Å². The van der Waals surface area contributed by atoms with E-state index >= 15 is 0 Å². The molecule has 2 N–H and O–H groups in total. The molecule has 0 spiro atoms. The number of hydrogen-bond donors (Lipinski definition) is 2. The van der Waals surface area contributed by atoms with Gasteiger partial charge in [0.15, 0.2) is 0 Å². The highest BCUT2D eigenvalue weighted by Crippen LogP contribution is 2.08. The van der Waals surface area contributed by atoms with E-state index in [0.29, 0.717) is 6.04 Å². The van der Waals surface area contributed by atoms with E-state index < -0.39 is 0 Å². The number of aromatic nitrogens is 1. The average Bonchev–Trinajstić information content (AvgIpc) is 2.16. The highest BCUT2D eigenvalue weighted by atomic mass is 16.2. The van der Waals surface area contributed by atoms with Gasteiger partial charge in [-0.1, -0.05) is 0 Å². The Kier molecular flexibility index (Phi) is 4.26. The van der Waals surface area contributed by atoms with Crippen molar-refractivity contribution in [2.75, 3.05) is 11.9 Å². The van der Waals surface area contributed by atoms with Crippen LogP contribution in [0, 0.1) is 0 Å². The van der Waals surface area contributed by atoms with Gasteiger partial charge < -0.3 is 10.4 Å².